The predicted octanol–water partition coefficient (Wildman–Crippen LogP) is 2.87. The molecule has 0 unspecified atom stereocenters. The van der Waals surface area contributed by atoms with Crippen molar-refractivity contribution in [3.63, 3.8) is 0 Å². The van der Waals surface area contributed by atoms with Gasteiger partial charge in [0.1, 0.15) is 11.6 Å². The van der Waals surface area contributed by atoms with E-state index in [-0.39, 0.29) is 0 Å². The topological polar surface area (TPSA) is 63.0 Å². The summed E-state index contributed by atoms with van der Waals surface area (Å²) < 4.78 is 1.04. The highest BCUT2D eigenvalue weighted by Crippen LogP contribution is 2.18. The van der Waals surface area contributed by atoms with Gasteiger partial charge in [-0.25, -0.2) is 10.8 Å². The lowest BCUT2D eigenvalue weighted by Gasteiger charge is -2.06. The minimum Gasteiger partial charge on any atom is -0.340 e. The number of aromatic nitrogens is 1. The van der Waals surface area contributed by atoms with E-state index in [2.05, 4.69) is 31.7 Å². The third-order valence-electron chi connectivity index (χ3n) is 2.01. The van der Waals surface area contributed by atoms with Gasteiger partial charge in [-0.3, -0.25) is 0 Å². The largest absolute Gasteiger partial charge is 0.340 e. The number of hydrogen-bond donors (Lipinski definition) is 3. The number of hydrazine groups is 1. The van der Waals surface area contributed by atoms with Crippen LogP contribution in [0.1, 0.15) is 0 Å². The number of nitrogens with one attached hydrogen (secondary N) is 2. The van der Waals surface area contributed by atoms with Gasteiger partial charge in [-0.1, -0.05) is 22.0 Å². The first-order valence-corrected chi connectivity index (χ1v) is 5.53. The van der Waals surface area contributed by atoms with Crippen LogP contribution in [0.5, 0.6) is 0 Å². The van der Waals surface area contributed by atoms with Crippen LogP contribution in [0.25, 0.3) is 0 Å². The first-order valence-electron chi connectivity index (χ1n) is 4.74. The second-order valence-corrected chi connectivity index (χ2v) is 4.10. The molecule has 16 heavy (non-hydrogen) atoms. The Morgan fingerprint density at radius 3 is 2.38 bits per heavy atom. The summed E-state index contributed by atoms with van der Waals surface area (Å²) in [5, 5.41) is 3.18. The van der Waals surface area contributed by atoms with Crippen LogP contribution >= 0.6 is 15.9 Å². The number of benzene rings is 1. The fraction of sp³-hybridized carbons (Fsp3) is 0. The number of nitrogens with two attached hydrogens (primary N) is 1. The molecule has 0 aliphatic rings. The lowest BCUT2D eigenvalue weighted by molar-refractivity contribution is 1.22. The molecule has 0 aliphatic carbocycles. The van der Waals surface area contributed by atoms with Crippen molar-refractivity contribution in [3.8, 4) is 0 Å². The molecular formula is C11H11BrN4. The molecule has 5 heteroatoms. The Bertz CT molecular complexity index is 470. The van der Waals surface area contributed by atoms with Crippen molar-refractivity contribution in [3.05, 3.63) is 46.9 Å². The summed E-state index contributed by atoms with van der Waals surface area (Å²) in [6.45, 7) is 0. The molecular weight excluding hydrogens is 268 g/mol. The van der Waals surface area contributed by atoms with Crippen molar-refractivity contribution in [2.24, 2.45) is 5.84 Å². The Balaban J connectivity index is 2.16. The van der Waals surface area contributed by atoms with Crippen LogP contribution in [-0.2, 0) is 0 Å². The Morgan fingerprint density at radius 1 is 1.00 bits per heavy atom. The molecule has 0 spiro atoms. The number of pyridine rings is 1. The van der Waals surface area contributed by atoms with E-state index < -0.39 is 0 Å². The molecule has 0 saturated heterocycles. The lowest BCUT2D eigenvalue weighted by Crippen LogP contribution is -2.08. The first-order chi connectivity index (χ1) is 7.78. The predicted molar refractivity (Wildman–Crippen MR) is 69.5 cm³/mol. The van der Waals surface area contributed by atoms with E-state index in [0.717, 1.165) is 16.0 Å². The molecule has 0 aliphatic heterocycles. The van der Waals surface area contributed by atoms with Gasteiger partial charge in [0.2, 0.25) is 0 Å². The Hall–Kier alpha value is -1.59. The van der Waals surface area contributed by atoms with Crippen LogP contribution in [0.3, 0.4) is 0 Å². The summed E-state index contributed by atoms with van der Waals surface area (Å²) in [6.07, 6.45) is 0. The number of anilines is 3. The van der Waals surface area contributed by atoms with Gasteiger partial charge in [0.05, 0.1) is 0 Å². The minimum absolute atomic E-state index is 0.627. The van der Waals surface area contributed by atoms with Gasteiger partial charge < -0.3 is 10.7 Å². The molecule has 0 amide bonds. The fourth-order valence-electron chi connectivity index (χ4n) is 1.27. The van der Waals surface area contributed by atoms with E-state index in [1.54, 1.807) is 6.07 Å². The van der Waals surface area contributed by atoms with Crippen molar-refractivity contribution in [1.29, 1.82) is 0 Å². The molecule has 1 aromatic heterocycles. The summed E-state index contributed by atoms with van der Waals surface area (Å²) >= 11 is 3.38. The second kappa shape index (κ2) is 4.96. The number of rotatable bonds is 3. The molecule has 82 valence electrons. The van der Waals surface area contributed by atoms with Gasteiger partial charge in [0.25, 0.3) is 0 Å². The van der Waals surface area contributed by atoms with Crippen molar-refractivity contribution in [2.75, 3.05) is 10.7 Å². The van der Waals surface area contributed by atoms with Crippen LogP contribution < -0.4 is 16.6 Å². The molecule has 4 N–H and O–H groups in total. The average molecular weight is 279 g/mol. The van der Waals surface area contributed by atoms with Gasteiger partial charge in [-0.15, -0.1) is 0 Å². The zero-order valence-electron chi connectivity index (χ0n) is 8.44. The summed E-state index contributed by atoms with van der Waals surface area (Å²) in [5.74, 6) is 6.66. The molecule has 0 fully saturated rings. The van der Waals surface area contributed by atoms with Crippen molar-refractivity contribution >= 4 is 33.3 Å². The van der Waals surface area contributed by atoms with Gasteiger partial charge in [-0.05, 0) is 36.4 Å². The summed E-state index contributed by atoms with van der Waals surface area (Å²) in [5.41, 5.74) is 3.48. The van der Waals surface area contributed by atoms with Gasteiger partial charge in [0.15, 0.2) is 0 Å². The third kappa shape index (κ3) is 2.71. The van der Waals surface area contributed by atoms with E-state index in [1.165, 1.54) is 0 Å². The molecule has 0 atom stereocenters. The molecule has 2 aromatic rings. The average Bonchev–Trinajstić information content (AvgIpc) is 2.32. The molecule has 0 radical (unpaired) electrons. The van der Waals surface area contributed by atoms with E-state index in [1.807, 2.05) is 36.4 Å². The summed E-state index contributed by atoms with van der Waals surface area (Å²) in [4.78, 5) is 4.25. The molecule has 4 nitrogen and oxygen atoms in total. The number of nitrogen functional groups attached to an aromatic ring is 1. The van der Waals surface area contributed by atoms with Gasteiger partial charge >= 0.3 is 0 Å². The Morgan fingerprint density at radius 2 is 1.69 bits per heavy atom. The van der Waals surface area contributed by atoms with E-state index in [4.69, 9.17) is 5.84 Å². The molecule has 0 saturated carbocycles. The third-order valence-corrected chi connectivity index (χ3v) is 2.54. The Kier molecular flexibility index (Phi) is 3.38. The van der Waals surface area contributed by atoms with E-state index in [0.29, 0.717) is 5.82 Å². The number of nitrogens with zero attached hydrogens (tertiary/aromatic N) is 1. The zero-order valence-corrected chi connectivity index (χ0v) is 10.0. The van der Waals surface area contributed by atoms with Crippen LogP contribution in [-0.4, -0.2) is 4.98 Å². The van der Waals surface area contributed by atoms with Crippen molar-refractivity contribution < 1.29 is 0 Å². The van der Waals surface area contributed by atoms with Gasteiger partial charge in [0, 0.05) is 10.2 Å². The molecule has 2 rings (SSSR count). The van der Waals surface area contributed by atoms with E-state index in [9.17, 15) is 0 Å². The van der Waals surface area contributed by atoms with Gasteiger partial charge in [-0.2, -0.15) is 0 Å². The smallest absolute Gasteiger partial charge is 0.142 e. The quantitative estimate of drug-likeness (QED) is 0.597. The number of halogens is 1. The maximum Gasteiger partial charge on any atom is 0.142 e. The van der Waals surface area contributed by atoms with Crippen LogP contribution in [0, 0.1) is 0 Å². The standard InChI is InChI=1S/C11H11BrN4/c12-8-4-6-9(7-5-8)14-10-2-1-3-11(15-10)16-13/h1-7H,13H2,(H2,14,15,16). The van der Waals surface area contributed by atoms with E-state index >= 15 is 0 Å². The SMILES string of the molecule is NNc1cccc(Nc2ccc(Br)cc2)n1. The summed E-state index contributed by atoms with van der Waals surface area (Å²) in [6, 6.07) is 13.4. The second-order valence-electron chi connectivity index (χ2n) is 3.18. The van der Waals surface area contributed by atoms with Crippen LogP contribution in [0.15, 0.2) is 46.9 Å². The molecule has 1 aromatic carbocycles. The Labute approximate surface area is 102 Å². The molecule has 0 bridgehead atoms. The minimum atomic E-state index is 0.627. The maximum absolute atomic E-state index is 5.29. The van der Waals surface area contributed by atoms with Crippen molar-refractivity contribution in [2.45, 2.75) is 0 Å². The highest BCUT2D eigenvalue weighted by molar-refractivity contribution is 9.10. The zero-order chi connectivity index (χ0) is 11.4. The summed E-state index contributed by atoms with van der Waals surface area (Å²) in [7, 11) is 0. The lowest BCUT2D eigenvalue weighted by atomic mass is 10.3. The maximum atomic E-state index is 5.29. The van der Waals surface area contributed by atoms with Crippen molar-refractivity contribution in [1.82, 2.24) is 4.98 Å². The fourth-order valence-corrected chi connectivity index (χ4v) is 1.53. The molecule has 1 heterocycles. The highest BCUT2D eigenvalue weighted by atomic mass is 79.9. The monoisotopic (exact) mass is 278 g/mol. The number of hydrogen-bond acceptors (Lipinski definition) is 4. The highest BCUT2D eigenvalue weighted by Gasteiger charge is 1.97. The van der Waals surface area contributed by atoms with Crippen LogP contribution in [0.2, 0.25) is 0 Å². The normalized spacial score (nSPS) is 9.88. The van der Waals surface area contributed by atoms with Crippen LogP contribution in [0.4, 0.5) is 17.3 Å². The first kappa shape index (κ1) is 10.9.